The number of nitrogens with one attached hydrogen (secondary N) is 1. The van der Waals surface area contributed by atoms with Crippen LogP contribution < -0.4 is 5.32 Å². The number of aliphatic hydroxyl groups excluding tert-OH is 1. The summed E-state index contributed by atoms with van der Waals surface area (Å²) in [4.78, 5) is 11.7. The lowest BCUT2D eigenvalue weighted by Gasteiger charge is -2.20. The smallest absolute Gasteiger partial charge is 0.220 e. The van der Waals surface area contributed by atoms with Gasteiger partial charge in [0.25, 0.3) is 0 Å². The van der Waals surface area contributed by atoms with E-state index in [1.54, 1.807) is 18.2 Å². The molecule has 3 nitrogen and oxygen atoms in total. The van der Waals surface area contributed by atoms with E-state index in [0.29, 0.717) is 12.0 Å². The number of benzene rings is 1. The van der Waals surface area contributed by atoms with Gasteiger partial charge in [-0.1, -0.05) is 44.9 Å². The van der Waals surface area contributed by atoms with Gasteiger partial charge in [0.15, 0.2) is 0 Å². The minimum atomic E-state index is -0.512. The third-order valence-corrected chi connectivity index (χ3v) is 3.68. The molecular weight excluding hydrogens is 257 g/mol. The summed E-state index contributed by atoms with van der Waals surface area (Å²) < 4.78 is 13.4. The highest BCUT2D eigenvalue weighted by Gasteiger charge is 2.16. The summed E-state index contributed by atoms with van der Waals surface area (Å²) in [5.41, 5.74) is 0.545. The second-order valence-corrected chi connectivity index (χ2v) is 5.04. The Kier molecular flexibility index (Phi) is 7.23. The molecule has 0 spiro atoms. The average Bonchev–Trinajstić information content (AvgIpc) is 2.45. The highest BCUT2D eigenvalue weighted by molar-refractivity contribution is 5.76. The number of hydrogen-bond acceptors (Lipinski definition) is 2. The molecule has 0 saturated heterocycles. The van der Waals surface area contributed by atoms with E-state index in [1.165, 1.54) is 6.07 Å². The Labute approximate surface area is 120 Å². The lowest BCUT2D eigenvalue weighted by molar-refractivity contribution is -0.121. The van der Waals surface area contributed by atoms with Crippen LogP contribution in [-0.2, 0) is 11.2 Å². The van der Waals surface area contributed by atoms with Crippen molar-refractivity contribution >= 4 is 5.91 Å². The van der Waals surface area contributed by atoms with Gasteiger partial charge in [0.1, 0.15) is 5.82 Å². The zero-order valence-corrected chi connectivity index (χ0v) is 12.2. The van der Waals surface area contributed by atoms with Crippen LogP contribution in [0.2, 0.25) is 0 Å². The molecule has 20 heavy (non-hydrogen) atoms. The fourth-order valence-electron chi connectivity index (χ4n) is 2.26. The van der Waals surface area contributed by atoms with Crippen molar-refractivity contribution in [2.45, 2.75) is 45.6 Å². The van der Waals surface area contributed by atoms with Gasteiger partial charge in [-0.2, -0.15) is 0 Å². The highest BCUT2D eigenvalue weighted by Crippen LogP contribution is 2.12. The molecule has 1 aromatic rings. The number of carbonyl (C=O) groups is 1. The number of carbonyl (C=O) groups excluding carboxylic acids is 1. The third kappa shape index (κ3) is 5.29. The first-order valence-electron chi connectivity index (χ1n) is 7.26. The molecule has 0 radical (unpaired) electrons. The first-order valence-corrected chi connectivity index (χ1v) is 7.26. The SMILES string of the molecule is CCC(CC)C(O)CNC(=O)CCc1ccccc1F. The van der Waals surface area contributed by atoms with Crippen molar-refractivity contribution in [2.24, 2.45) is 5.92 Å². The summed E-state index contributed by atoms with van der Waals surface area (Å²) >= 11 is 0. The second kappa shape index (κ2) is 8.69. The van der Waals surface area contributed by atoms with Crippen LogP contribution in [0.15, 0.2) is 24.3 Å². The molecule has 1 amide bonds. The summed E-state index contributed by atoms with van der Waals surface area (Å²) in [7, 11) is 0. The topological polar surface area (TPSA) is 49.3 Å². The van der Waals surface area contributed by atoms with E-state index in [2.05, 4.69) is 5.32 Å². The zero-order valence-electron chi connectivity index (χ0n) is 12.2. The molecule has 1 rings (SSSR count). The van der Waals surface area contributed by atoms with Crippen LogP contribution in [0.3, 0.4) is 0 Å². The summed E-state index contributed by atoms with van der Waals surface area (Å²) in [5.74, 6) is -0.225. The van der Waals surface area contributed by atoms with Crippen molar-refractivity contribution < 1.29 is 14.3 Å². The Bertz CT molecular complexity index is 419. The van der Waals surface area contributed by atoms with E-state index >= 15 is 0 Å². The van der Waals surface area contributed by atoms with Gasteiger partial charge >= 0.3 is 0 Å². The number of rotatable bonds is 8. The third-order valence-electron chi connectivity index (χ3n) is 3.68. The van der Waals surface area contributed by atoms with Gasteiger partial charge in [0.2, 0.25) is 5.91 Å². The van der Waals surface area contributed by atoms with Crippen LogP contribution in [0.4, 0.5) is 4.39 Å². The summed E-state index contributed by atoms with van der Waals surface area (Å²) in [6.45, 7) is 4.32. The number of aryl methyl sites for hydroxylation is 1. The van der Waals surface area contributed by atoms with Crippen molar-refractivity contribution in [1.82, 2.24) is 5.32 Å². The van der Waals surface area contributed by atoms with Gasteiger partial charge in [-0.3, -0.25) is 4.79 Å². The van der Waals surface area contributed by atoms with Gasteiger partial charge in [-0.15, -0.1) is 0 Å². The molecule has 2 N–H and O–H groups in total. The van der Waals surface area contributed by atoms with Gasteiger partial charge in [0, 0.05) is 13.0 Å². The van der Waals surface area contributed by atoms with E-state index < -0.39 is 6.10 Å². The van der Waals surface area contributed by atoms with Crippen LogP contribution in [0, 0.1) is 11.7 Å². The highest BCUT2D eigenvalue weighted by atomic mass is 19.1. The van der Waals surface area contributed by atoms with E-state index in [0.717, 1.165) is 12.8 Å². The summed E-state index contributed by atoms with van der Waals surface area (Å²) in [6.07, 6.45) is 1.88. The van der Waals surface area contributed by atoms with Crippen molar-refractivity contribution in [3.8, 4) is 0 Å². The monoisotopic (exact) mass is 281 g/mol. The number of amides is 1. The molecule has 0 aliphatic heterocycles. The fraction of sp³-hybridized carbons (Fsp3) is 0.562. The molecular formula is C16H24FNO2. The molecule has 1 unspecified atom stereocenters. The predicted octanol–water partition coefficient (Wildman–Crippen LogP) is 2.67. The first kappa shape index (κ1) is 16.6. The minimum absolute atomic E-state index is 0.154. The maximum Gasteiger partial charge on any atom is 0.220 e. The Morgan fingerprint density at radius 3 is 2.55 bits per heavy atom. The minimum Gasteiger partial charge on any atom is -0.391 e. The molecule has 0 aromatic heterocycles. The normalized spacial score (nSPS) is 12.4. The fourth-order valence-corrected chi connectivity index (χ4v) is 2.26. The number of hydrogen-bond donors (Lipinski definition) is 2. The molecule has 1 atom stereocenters. The molecule has 0 bridgehead atoms. The van der Waals surface area contributed by atoms with E-state index in [1.807, 2.05) is 13.8 Å². The van der Waals surface area contributed by atoms with Gasteiger partial charge in [0.05, 0.1) is 6.10 Å². The Morgan fingerprint density at radius 2 is 1.95 bits per heavy atom. The van der Waals surface area contributed by atoms with Crippen molar-refractivity contribution in [3.05, 3.63) is 35.6 Å². The van der Waals surface area contributed by atoms with E-state index in [-0.39, 0.29) is 30.6 Å². The Morgan fingerprint density at radius 1 is 1.30 bits per heavy atom. The Balaban J connectivity index is 2.32. The zero-order chi connectivity index (χ0) is 15.0. The molecule has 0 saturated carbocycles. The van der Waals surface area contributed by atoms with Crippen LogP contribution in [0.25, 0.3) is 0 Å². The number of aliphatic hydroxyl groups is 1. The molecule has 0 heterocycles. The van der Waals surface area contributed by atoms with Crippen molar-refractivity contribution in [3.63, 3.8) is 0 Å². The van der Waals surface area contributed by atoms with Crippen LogP contribution in [0.1, 0.15) is 38.7 Å². The quantitative estimate of drug-likeness (QED) is 0.769. The van der Waals surface area contributed by atoms with Gasteiger partial charge < -0.3 is 10.4 Å². The Hall–Kier alpha value is -1.42. The maximum absolute atomic E-state index is 13.4. The van der Waals surface area contributed by atoms with Crippen LogP contribution in [0.5, 0.6) is 0 Å². The number of halogens is 1. The summed E-state index contributed by atoms with van der Waals surface area (Å²) in [6, 6.07) is 6.46. The standard InChI is InChI=1S/C16H24FNO2/c1-3-12(4-2)15(19)11-18-16(20)10-9-13-7-5-6-8-14(13)17/h5-8,12,15,19H,3-4,9-11H2,1-2H3,(H,18,20). The molecule has 0 aliphatic carbocycles. The molecule has 112 valence electrons. The van der Waals surface area contributed by atoms with E-state index in [4.69, 9.17) is 0 Å². The van der Waals surface area contributed by atoms with Crippen molar-refractivity contribution in [1.29, 1.82) is 0 Å². The van der Waals surface area contributed by atoms with E-state index in [9.17, 15) is 14.3 Å². The largest absolute Gasteiger partial charge is 0.391 e. The predicted molar refractivity (Wildman–Crippen MR) is 77.8 cm³/mol. The summed E-state index contributed by atoms with van der Waals surface area (Å²) in [5, 5.41) is 12.6. The maximum atomic E-state index is 13.4. The molecule has 4 heteroatoms. The van der Waals surface area contributed by atoms with Gasteiger partial charge in [-0.25, -0.2) is 4.39 Å². The molecule has 1 aromatic carbocycles. The lowest BCUT2D eigenvalue weighted by atomic mass is 9.96. The lowest BCUT2D eigenvalue weighted by Crippen LogP contribution is -2.36. The molecule has 0 aliphatic rings. The van der Waals surface area contributed by atoms with Gasteiger partial charge in [-0.05, 0) is 24.0 Å². The second-order valence-electron chi connectivity index (χ2n) is 5.04. The molecule has 0 fully saturated rings. The first-order chi connectivity index (χ1) is 9.58. The van der Waals surface area contributed by atoms with Crippen LogP contribution >= 0.6 is 0 Å². The van der Waals surface area contributed by atoms with Crippen LogP contribution in [-0.4, -0.2) is 23.7 Å². The average molecular weight is 281 g/mol. The van der Waals surface area contributed by atoms with Crippen molar-refractivity contribution in [2.75, 3.05) is 6.54 Å².